The molecule has 0 aliphatic rings. The van der Waals surface area contributed by atoms with E-state index in [4.69, 9.17) is 0 Å². The second kappa shape index (κ2) is 5.52. The van der Waals surface area contributed by atoms with Gasteiger partial charge in [-0.25, -0.2) is 4.98 Å². The maximum Gasteiger partial charge on any atom is 0.157 e. The van der Waals surface area contributed by atoms with Crippen molar-refractivity contribution in [1.29, 1.82) is 0 Å². The smallest absolute Gasteiger partial charge is 0.157 e. The predicted octanol–water partition coefficient (Wildman–Crippen LogP) is 3.05. The minimum atomic E-state index is 0.342. The average molecular weight is 274 g/mol. The van der Waals surface area contributed by atoms with Crippen molar-refractivity contribution in [3.05, 3.63) is 23.5 Å². The van der Waals surface area contributed by atoms with Gasteiger partial charge in [0.1, 0.15) is 0 Å². The minimum Gasteiger partial charge on any atom is -0.312 e. The van der Waals surface area contributed by atoms with Gasteiger partial charge in [0.25, 0.3) is 0 Å². The summed E-state index contributed by atoms with van der Waals surface area (Å²) in [5.74, 6) is 0.638. The molecule has 2 heterocycles. The van der Waals surface area contributed by atoms with E-state index in [9.17, 15) is 0 Å². The third-order valence-corrected chi connectivity index (χ3v) is 4.18. The molecule has 0 aromatic carbocycles. The molecular formula is C16H26N4. The quantitative estimate of drug-likeness (QED) is 0.932. The van der Waals surface area contributed by atoms with Crippen LogP contribution in [0.1, 0.15) is 39.0 Å². The maximum atomic E-state index is 4.51. The second-order valence-corrected chi connectivity index (χ2v) is 6.82. The van der Waals surface area contributed by atoms with Gasteiger partial charge in [-0.1, -0.05) is 27.7 Å². The van der Waals surface area contributed by atoms with Crippen molar-refractivity contribution in [2.45, 2.75) is 41.2 Å². The summed E-state index contributed by atoms with van der Waals surface area (Å²) in [6.07, 6.45) is 1.94. The van der Waals surface area contributed by atoms with Crippen LogP contribution in [0, 0.1) is 18.3 Å². The first-order valence-corrected chi connectivity index (χ1v) is 7.28. The summed E-state index contributed by atoms with van der Waals surface area (Å²) in [6.45, 7) is 13.1. The SMILES string of the molecule is Cc1nn(C)c2ncc(CNCC(C)C(C)(C)C)cc12. The van der Waals surface area contributed by atoms with Gasteiger partial charge in [0, 0.05) is 25.2 Å². The standard InChI is InChI=1S/C16H26N4/c1-11(16(3,4)5)8-17-9-13-7-14-12(2)19-20(6)15(14)18-10-13/h7,10-11,17H,8-9H2,1-6H3. The molecule has 0 fully saturated rings. The molecule has 20 heavy (non-hydrogen) atoms. The molecule has 2 rings (SSSR count). The molecule has 110 valence electrons. The summed E-state index contributed by atoms with van der Waals surface area (Å²) in [4.78, 5) is 4.51. The van der Waals surface area contributed by atoms with E-state index in [1.165, 1.54) is 5.56 Å². The van der Waals surface area contributed by atoms with E-state index in [2.05, 4.69) is 49.2 Å². The van der Waals surface area contributed by atoms with Gasteiger partial charge >= 0.3 is 0 Å². The van der Waals surface area contributed by atoms with Crippen molar-refractivity contribution in [2.24, 2.45) is 18.4 Å². The van der Waals surface area contributed by atoms with E-state index in [1.54, 1.807) is 0 Å². The second-order valence-electron chi connectivity index (χ2n) is 6.82. The van der Waals surface area contributed by atoms with Crippen molar-refractivity contribution in [3.8, 4) is 0 Å². The van der Waals surface area contributed by atoms with E-state index in [0.29, 0.717) is 11.3 Å². The zero-order valence-corrected chi connectivity index (χ0v) is 13.5. The van der Waals surface area contributed by atoms with Crippen molar-refractivity contribution in [3.63, 3.8) is 0 Å². The number of hydrogen-bond acceptors (Lipinski definition) is 3. The van der Waals surface area contributed by atoms with Gasteiger partial charge in [0.2, 0.25) is 0 Å². The monoisotopic (exact) mass is 274 g/mol. The van der Waals surface area contributed by atoms with Crippen LogP contribution in [0.15, 0.2) is 12.3 Å². The molecule has 2 aromatic rings. The van der Waals surface area contributed by atoms with E-state index < -0.39 is 0 Å². The molecule has 0 spiro atoms. The van der Waals surface area contributed by atoms with Gasteiger partial charge in [-0.15, -0.1) is 0 Å². The van der Waals surface area contributed by atoms with Crippen LogP contribution in [-0.4, -0.2) is 21.3 Å². The molecule has 0 aliphatic carbocycles. The molecule has 0 radical (unpaired) electrons. The molecule has 0 saturated carbocycles. The number of fused-ring (bicyclic) bond motifs is 1. The number of pyridine rings is 1. The lowest BCUT2D eigenvalue weighted by Crippen LogP contribution is -2.29. The van der Waals surface area contributed by atoms with E-state index in [1.807, 2.05) is 24.9 Å². The minimum absolute atomic E-state index is 0.342. The highest BCUT2D eigenvalue weighted by Crippen LogP contribution is 2.24. The molecule has 0 bridgehead atoms. The number of nitrogens with zero attached hydrogens (tertiary/aromatic N) is 3. The Labute approximate surface area is 121 Å². The number of nitrogens with one attached hydrogen (secondary N) is 1. The summed E-state index contributed by atoms with van der Waals surface area (Å²) >= 11 is 0. The lowest BCUT2D eigenvalue weighted by atomic mass is 9.82. The van der Waals surface area contributed by atoms with Crippen molar-refractivity contribution in [1.82, 2.24) is 20.1 Å². The first kappa shape index (κ1) is 15.0. The molecule has 4 nitrogen and oxygen atoms in total. The normalized spacial score (nSPS) is 13.9. The molecular weight excluding hydrogens is 248 g/mol. The first-order valence-electron chi connectivity index (χ1n) is 7.28. The Morgan fingerprint density at radius 1 is 1.35 bits per heavy atom. The Balaban J connectivity index is 2.02. The number of aromatic nitrogens is 3. The third kappa shape index (κ3) is 3.18. The van der Waals surface area contributed by atoms with Gasteiger partial charge < -0.3 is 5.32 Å². The predicted molar refractivity (Wildman–Crippen MR) is 83.6 cm³/mol. The summed E-state index contributed by atoms with van der Waals surface area (Å²) in [6, 6.07) is 2.19. The lowest BCUT2D eigenvalue weighted by Gasteiger charge is -2.27. The number of hydrogen-bond donors (Lipinski definition) is 1. The fourth-order valence-electron chi connectivity index (χ4n) is 2.19. The molecule has 2 aromatic heterocycles. The van der Waals surface area contributed by atoms with Gasteiger partial charge in [-0.2, -0.15) is 5.10 Å². The van der Waals surface area contributed by atoms with Gasteiger partial charge in [-0.3, -0.25) is 4.68 Å². The summed E-state index contributed by atoms with van der Waals surface area (Å²) in [5, 5.41) is 9.09. The van der Waals surface area contributed by atoms with Crippen molar-refractivity contribution in [2.75, 3.05) is 6.54 Å². The Kier molecular flexibility index (Phi) is 4.14. The molecule has 1 N–H and O–H groups in total. The van der Waals surface area contributed by atoms with Crippen LogP contribution in [0.2, 0.25) is 0 Å². The number of rotatable bonds is 4. The molecule has 1 atom stereocenters. The maximum absolute atomic E-state index is 4.51. The average Bonchev–Trinajstić information content (AvgIpc) is 2.63. The molecule has 1 unspecified atom stereocenters. The van der Waals surface area contributed by atoms with Gasteiger partial charge in [0.15, 0.2) is 5.65 Å². The largest absolute Gasteiger partial charge is 0.312 e. The van der Waals surface area contributed by atoms with E-state index >= 15 is 0 Å². The van der Waals surface area contributed by atoms with Crippen LogP contribution >= 0.6 is 0 Å². The zero-order chi connectivity index (χ0) is 14.9. The lowest BCUT2D eigenvalue weighted by molar-refractivity contribution is 0.252. The highest BCUT2D eigenvalue weighted by molar-refractivity contribution is 5.78. The first-order chi connectivity index (χ1) is 9.29. The van der Waals surface area contributed by atoms with Crippen LogP contribution in [0.4, 0.5) is 0 Å². The summed E-state index contributed by atoms with van der Waals surface area (Å²) < 4.78 is 1.84. The Morgan fingerprint density at radius 3 is 2.70 bits per heavy atom. The van der Waals surface area contributed by atoms with Gasteiger partial charge in [0.05, 0.1) is 5.69 Å². The molecule has 0 saturated heterocycles. The fourth-order valence-corrected chi connectivity index (χ4v) is 2.19. The van der Waals surface area contributed by atoms with Crippen LogP contribution in [0.5, 0.6) is 0 Å². The molecule has 0 amide bonds. The molecule has 4 heteroatoms. The van der Waals surface area contributed by atoms with Crippen LogP contribution < -0.4 is 5.32 Å². The van der Waals surface area contributed by atoms with E-state index in [-0.39, 0.29) is 0 Å². The van der Waals surface area contributed by atoms with Crippen molar-refractivity contribution >= 4 is 11.0 Å². The van der Waals surface area contributed by atoms with Crippen LogP contribution in [0.3, 0.4) is 0 Å². The van der Waals surface area contributed by atoms with Crippen LogP contribution in [-0.2, 0) is 13.6 Å². The summed E-state index contributed by atoms with van der Waals surface area (Å²) in [5.41, 5.74) is 3.55. The fraction of sp³-hybridized carbons (Fsp3) is 0.625. The highest BCUT2D eigenvalue weighted by Gasteiger charge is 2.19. The third-order valence-electron chi connectivity index (χ3n) is 4.18. The summed E-state index contributed by atoms with van der Waals surface area (Å²) in [7, 11) is 1.94. The Hall–Kier alpha value is -1.42. The topological polar surface area (TPSA) is 42.7 Å². The molecule has 0 aliphatic heterocycles. The number of aryl methyl sites for hydroxylation is 2. The Bertz CT molecular complexity index is 592. The Morgan fingerprint density at radius 2 is 2.05 bits per heavy atom. The van der Waals surface area contributed by atoms with Gasteiger partial charge in [-0.05, 0) is 36.4 Å². The van der Waals surface area contributed by atoms with Crippen molar-refractivity contribution < 1.29 is 0 Å². The van der Waals surface area contributed by atoms with Crippen LogP contribution in [0.25, 0.3) is 11.0 Å². The zero-order valence-electron chi connectivity index (χ0n) is 13.5. The highest BCUT2D eigenvalue weighted by atomic mass is 15.3. The van der Waals surface area contributed by atoms with E-state index in [0.717, 1.165) is 29.8 Å².